The monoisotopic (exact) mass is 426 g/mol. The lowest BCUT2D eigenvalue weighted by Crippen LogP contribution is -2.50. The van der Waals surface area contributed by atoms with Crippen LogP contribution in [0, 0.1) is 19.7 Å². The van der Waals surface area contributed by atoms with Crippen LogP contribution >= 0.6 is 0 Å². The van der Waals surface area contributed by atoms with E-state index in [9.17, 15) is 14.0 Å². The smallest absolute Gasteiger partial charge is 0.261 e. The van der Waals surface area contributed by atoms with Gasteiger partial charge in [-0.05, 0) is 56.9 Å². The molecule has 1 saturated carbocycles. The zero-order chi connectivity index (χ0) is 22.4. The van der Waals surface area contributed by atoms with E-state index in [4.69, 9.17) is 4.74 Å². The van der Waals surface area contributed by atoms with Crippen LogP contribution in [0.5, 0.6) is 5.75 Å². The molecule has 31 heavy (non-hydrogen) atoms. The molecule has 2 amide bonds. The van der Waals surface area contributed by atoms with E-state index in [1.165, 1.54) is 11.0 Å². The van der Waals surface area contributed by atoms with Gasteiger partial charge in [-0.1, -0.05) is 43.2 Å². The second kappa shape index (κ2) is 10.4. The van der Waals surface area contributed by atoms with Crippen LogP contribution in [0.2, 0.25) is 0 Å². The van der Waals surface area contributed by atoms with Crippen molar-refractivity contribution < 1.29 is 18.7 Å². The molecule has 2 aromatic carbocycles. The van der Waals surface area contributed by atoms with E-state index in [1.54, 1.807) is 25.1 Å². The number of benzene rings is 2. The minimum atomic E-state index is -0.741. The van der Waals surface area contributed by atoms with Gasteiger partial charge in [-0.3, -0.25) is 9.59 Å². The van der Waals surface area contributed by atoms with Gasteiger partial charge in [0, 0.05) is 18.2 Å². The Kier molecular flexibility index (Phi) is 7.66. The van der Waals surface area contributed by atoms with Gasteiger partial charge in [0.15, 0.2) is 6.61 Å². The van der Waals surface area contributed by atoms with Crippen molar-refractivity contribution in [3.63, 3.8) is 0 Å². The summed E-state index contributed by atoms with van der Waals surface area (Å²) in [6, 6.07) is 11.4. The van der Waals surface area contributed by atoms with E-state index in [-0.39, 0.29) is 31.0 Å². The molecule has 0 heterocycles. The number of ether oxygens (including phenoxy) is 1. The minimum Gasteiger partial charge on any atom is -0.483 e. The van der Waals surface area contributed by atoms with Crippen LogP contribution in [0.1, 0.15) is 49.3 Å². The fourth-order valence-corrected chi connectivity index (χ4v) is 3.89. The van der Waals surface area contributed by atoms with Crippen molar-refractivity contribution in [1.29, 1.82) is 0 Å². The summed E-state index contributed by atoms with van der Waals surface area (Å²) in [5.41, 5.74) is 2.39. The first-order valence-electron chi connectivity index (χ1n) is 10.9. The Labute approximate surface area is 183 Å². The molecule has 1 fully saturated rings. The highest BCUT2D eigenvalue weighted by Gasteiger charge is 2.29. The molecule has 1 atom stereocenters. The molecule has 5 nitrogen and oxygen atoms in total. The molecule has 1 aliphatic carbocycles. The molecular weight excluding hydrogens is 395 g/mol. The predicted octanol–water partition coefficient (Wildman–Crippen LogP) is 4.30. The van der Waals surface area contributed by atoms with Gasteiger partial charge in [0.2, 0.25) is 5.91 Å². The number of hydrogen-bond donors (Lipinski definition) is 1. The number of aryl methyl sites for hydroxylation is 1. The third-order valence-electron chi connectivity index (χ3n) is 6.07. The molecule has 166 valence electrons. The maximum absolute atomic E-state index is 14.3. The average molecular weight is 427 g/mol. The van der Waals surface area contributed by atoms with Crippen LogP contribution in [-0.2, 0) is 16.1 Å². The van der Waals surface area contributed by atoms with E-state index in [0.717, 1.165) is 36.8 Å². The van der Waals surface area contributed by atoms with Gasteiger partial charge in [0.05, 0.1) is 0 Å². The molecule has 3 rings (SSSR count). The standard InChI is InChI=1S/C25H31FN2O3/c1-17-9-8-14-23(18(17)2)31-16-24(29)28(15-20-10-4-7-13-22(20)26)19(3)25(30)27-21-11-5-6-12-21/h4,7-10,13-14,19,21H,5-6,11-12,15-16H2,1-3H3,(H,27,30)/t19-/m1/s1. The van der Waals surface area contributed by atoms with Crippen molar-refractivity contribution in [3.05, 3.63) is 65.0 Å². The summed E-state index contributed by atoms with van der Waals surface area (Å²) >= 11 is 0. The Morgan fingerprint density at radius 1 is 1.13 bits per heavy atom. The van der Waals surface area contributed by atoms with Gasteiger partial charge in [0.25, 0.3) is 5.91 Å². The summed E-state index contributed by atoms with van der Waals surface area (Å²) < 4.78 is 20.1. The van der Waals surface area contributed by atoms with Crippen molar-refractivity contribution in [3.8, 4) is 5.75 Å². The highest BCUT2D eigenvalue weighted by Crippen LogP contribution is 2.22. The maximum atomic E-state index is 14.3. The molecule has 0 bridgehead atoms. The third-order valence-corrected chi connectivity index (χ3v) is 6.07. The number of halogens is 1. The fraction of sp³-hybridized carbons (Fsp3) is 0.440. The average Bonchev–Trinajstić information content (AvgIpc) is 3.26. The molecule has 1 aliphatic rings. The Bertz CT molecular complexity index is 925. The lowest BCUT2D eigenvalue weighted by molar-refractivity contribution is -0.142. The van der Waals surface area contributed by atoms with Crippen molar-refractivity contribution in [2.75, 3.05) is 6.61 Å². The molecule has 6 heteroatoms. The molecule has 0 aromatic heterocycles. The lowest BCUT2D eigenvalue weighted by atomic mass is 10.1. The van der Waals surface area contributed by atoms with E-state index in [0.29, 0.717) is 11.3 Å². The van der Waals surface area contributed by atoms with Crippen LogP contribution in [0.4, 0.5) is 4.39 Å². The van der Waals surface area contributed by atoms with E-state index < -0.39 is 11.9 Å². The highest BCUT2D eigenvalue weighted by molar-refractivity contribution is 5.88. The summed E-state index contributed by atoms with van der Waals surface area (Å²) in [5.74, 6) is -0.358. The number of rotatable bonds is 8. The van der Waals surface area contributed by atoms with Crippen LogP contribution in [0.3, 0.4) is 0 Å². The quantitative estimate of drug-likeness (QED) is 0.685. The molecule has 2 aromatic rings. The number of hydrogen-bond acceptors (Lipinski definition) is 3. The maximum Gasteiger partial charge on any atom is 0.261 e. The van der Waals surface area contributed by atoms with Crippen molar-refractivity contribution >= 4 is 11.8 Å². The van der Waals surface area contributed by atoms with Gasteiger partial charge in [-0.25, -0.2) is 4.39 Å². The summed E-state index contributed by atoms with van der Waals surface area (Å²) in [4.78, 5) is 27.4. The molecule has 0 radical (unpaired) electrons. The summed E-state index contributed by atoms with van der Waals surface area (Å²) in [7, 11) is 0. The van der Waals surface area contributed by atoms with E-state index >= 15 is 0 Å². The second-order valence-electron chi connectivity index (χ2n) is 8.27. The van der Waals surface area contributed by atoms with Crippen molar-refractivity contribution in [2.24, 2.45) is 0 Å². The Morgan fingerprint density at radius 2 is 1.84 bits per heavy atom. The zero-order valence-electron chi connectivity index (χ0n) is 18.5. The Balaban J connectivity index is 1.75. The molecular formula is C25H31FN2O3. The topological polar surface area (TPSA) is 58.6 Å². The zero-order valence-corrected chi connectivity index (χ0v) is 18.5. The van der Waals surface area contributed by atoms with Crippen LogP contribution in [0.15, 0.2) is 42.5 Å². The number of nitrogens with one attached hydrogen (secondary N) is 1. The lowest BCUT2D eigenvalue weighted by Gasteiger charge is -2.30. The first kappa shape index (κ1) is 22.8. The highest BCUT2D eigenvalue weighted by atomic mass is 19.1. The number of nitrogens with zero attached hydrogens (tertiary/aromatic N) is 1. The van der Waals surface area contributed by atoms with Gasteiger partial charge < -0.3 is 15.0 Å². The molecule has 0 spiro atoms. The second-order valence-corrected chi connectivity index (χ2v) is 8.27. The van der Waals surface area contributed by atoms with Gasteiger partial charge in [-0.15, -0.1) is 0 Å². The van der Waals surface area contributed by atoms with Gasteiger partial charge in [0.1, 0.15) is 17.6 Å². The van der Waals surface area contributed by atoms with Crippen molar-refractivity contribution in [2.45, 2.75) is 65.1 Å². The van der Waals surface area contributed by atoms with E-state index in [1.807, 2.05) is 32.0 Å². The predicted molar refractivity (Wildman–Crippen MR) is 118 cm³/mol. The van der Waals surface area contributed by atoms with Gasteiger partial charge in [-0.2, -0.15) is 0 Å². The number of carbonyl (C=O) groups is 2. The summed E-state index contributed by atoms with van der Waals surface area (Å²) in [6.07, 6.45) is 4.10. The van der Waals surface area contributed by atoms with Crippen LogP contribution < -0.4 is 10.1 Å². The molecule has 0 aliphatic heterocycles. The van der Waals surface area contributed by atoms with Crippen LogP contribution in [-0.4, -0.2) is 35.4 Å². The molecule has 1 N–H and O–H groups in total. The molecule has 0 unspecified atom stereocenters. The van der Waals surface area contributed by atoms with Crippen LogP contribution in [0.25, 0.3) is 0 Å². The first-order valence-corrected chi connectivity index (χ1v) is 10.9. The van der Waals surface area contributed by atoms with E-state index in [2.05, 4.69) is 5.32 Å². The Morgan fingerprint density at radius 3 is 2.55 bits per heavy atom. The number of carbonyl (C=O) groups excluding carboxylic acids is 2. The summed E-state index contributed by atoms with van der Waals surface area (Å²) in [6.45, 7) is 5.37. The SMILES string of the molecule is Cc1cccc(OCC(=O)N(Cc2ccccc2F)[C@H](C)C(=O)NC2CCCC2)c1C. The van der Waals surface area contributed by atoms with Gasteiger partial charge >= 0.3 is 0 Å². The number of amides is 2. The summed E-state index contributed by atoms with van der Waals surface area (Å²) in [5, 5.41) is 3.04. The largest absolute Gasteiger partial charge is 0.483 e. The Hall–Kier alpha value is -2.89. The van der Waals surface area contributed by atoms with Crippen molar-refractivity contribution in [1.82, 2.24) is 10.2 Å². The minimum absolute atomic E-state index is 0.000912. The fourth-order valence-electron chi connectivity index (χ4n) is 3.89. The third kappa shape index (κ3) is 5.84. The normalized spacial score (nSPS) is 14.8. The molecule has 0 saturated heterocycles. The first-order chi connectivity index (χ1) is 14.9.